The van der Waals surface area contributed by atoms with Gasteiger partial charge in [-0.15, -0.1) is 11.3 Å². The van der Waals surface area contributed by atoms with Crippen molar-refractivity contribution >= 4 is 23.1 Å². The lowest BCUT2D eigenvalue weighted by molar-refractivity contribution is -0.142. The Morgan fingerprint density at radius 2 is 2.30 bits per heavy atom. The van der Waals surface area contributed by atoms with Crippen LogP contribution in [-0.4, -0.2) is 22.1 Å². The molecule has 106 valence electrons. The second-order valence-corrected chi connectivity index (χ2v) is 5.14. The van der Waals surface area contributed by atoms with E-state index in [1.54, 1.807) is 6.92 Å². The van der Waals surface area contributed by atoms with Gasteiger partial charge < -0.3 is 9.30 Å². The fourth-order valence-corrected chi connectivity index (χ4v) is 2.62. The highest BCUT2D eigenvalue weighted by Crippen LogP contribution is 2.09. The minimum atomic E-state index is -0.221. The lowest BCUT2D eigenvalue weighted by Crippen LogP contribution is -2.16. The van der Waals surface area contributed by atoms with Crippen LogP contribution in [0.1, 0.15) is 18.3 Å². The van der Waals surface area contributed by atoms with Crippen molar-refractivity contribution in [1.29, 1.82) is 0 Å². The van der Waals surface area contributed by atoms with Gasteiger partial charge in [-0.1, -0.05) is 6.07 Å². The Labute approximate surface area is 121 Å². The van der Waals surface area contributed by atoms with Crippen LogP contribution in [0.5, 0.6) is 0 Å². The first-order chi connectivity index (χ1) is 9.60. The van der Waals surface area contributed by atoms with Gasteiger partial charge in [0.2, 0.25) is 0 Å². The zero-order valence-corrected chi connectivity index (χ0v) is 12.6. The topological polar surface area (TPSA) is 56.5 Å². The number of ether oxygens (including phenoxy) is 1. The van der Waals surface area contributed by atoms with E-state index in [4.69, 9.17) is 4.74 Å². The molecule has 20 heavy (non-hydrogen) atoms. The molecule has 0 aliphatic carbocycles. The molecule has 2 aromatic rings. The summed E-state index contributed by atoms with van der Waals surface area (Å²) >= 11 is 1.49. The summed E-state index contributed by atoms with van der Waals surface area (Å²) in [5, 5.41) is 1.92. The fraction of sp³-hybridized carbons (Fsp3) is 0.357. The molecule has 0 aromatic carbocycles. The molecule has 5 nitrogen and oxygen atoms in total. The fourth-order valence-electron chi connectivity index (χ4n) is 1.71. The van der Waals surface area contributed by atoms with E-state index in [2.05, 4.69) is 9.98 Å². The predicted octanol–water partition coefficient (Wildman–Crippen LogP) is 2.13. The minimum Gasteiger partial charge on any atom is -0.466 e. The number of esters is 1. The minimum absolute atomic E-state index is 0.221. The highest BCUT2D eigenvalue weighted by atomic mass is 32.1. The van der Waals surface area contributed by atoms with Crippen molar-refractivity contribution in [3.05, 3.63) is 39.8 Å². The molecule has 0 spiro atoms. The Morgan fingerprint density at radius 1 is 1.50 bits per heavy atom. The zero-order valence-electron chi connectivity index (χ0n) is 11.8. The van der Waals surface area contributed by atoms with E-state index >= 15 is 0 Å². The number of thiazole rings is 1. The molecule has 0 N–H and O–H groups in total. The predicted molar refractivity (Wildman–Crippen MR) is 77.8 cm³/mol. The molecule has 0 saturated heterocycles. The van der Waals surface area contributed by atoms with Crippen LogP contribution in [0, 0.1) is 6.92 Å². The summed E-state index contributed by atoms with van der Waals surface area (Å²) in [4.78, 5) is 21.1. The number of aryl methyl sites for hydroxylation is 1. The van der Waals surface area contributed by atoms with Crippen molar-refractivity contribution in [2.24, 2.45) is 12.0 Å². The summed E-state index contributed by atoms with van der Waals surface area (Å²) in [6.07, 6.45) is 0.262. The van der Waals surface area contributed by atoms with Crippen molar-refractivity contribution in [2.75, 3.05) is 6.61 Å². The summed E-state index contributed by atoms with van der Waals surface area (Å²) < 4.78 is 6.85. The maximum Gasteiger partial charge on any atom is 0.311 e. The second kappa shape index (κ2) is 6.47. The van der Waals surface area contributed by atoms with Gasteiger partial charge in [-0.05, 0) is 26.0 Å². The van der Waals surface area contributed by atoms with Crippen molar-refractivity contribution < 1.29 is 9.53 Å². The van der Waals surface area contributed by atoms with E-state index in [0.29, 0.717) is 12.4 Å². The van der Waals surface area contributed by atoms with E-state index in [1.807, 2.05) is 42.1 Å². The van der Waals surface area contributed by atoms with Gasteiger partial charge >= 0.3 is 5.97 Å². The van der Waals surface area contributed by atoms with Gasteiger partial charge in [0.05, 0.1) is 13.0 Å². The molecule has 0 amide bonds. The number of aromatic nitrogens is 2. The molecule has 0 saturated carbocycles. The largest absolute Gasteiger partial charge is 0.466 e. The van der Waals surface area contributed by atoms with Gasteiger partial charge in [0.1, 0.15) is 0 Å². The van der Waals surface area contributed by atoms with E-state index < -0.39 is 0 Å². The third-order valence-electron chi connectivity index (χ3n) is 2.73. The highest BCUT2D eigenvalue weighted by Gasteiger charge is 2.08. The first-order valence-electron chi connectivity index (χ1n) is 6.37. The molecule has 0 bridgehead atoms. The van der Waals surface area contributed by atoms with Gasteiger partial charge in [-0.25, -0.2) is 9.98 Å². The van der Waals surface area contributed by atoms with Crippen LogP contribution in [0.2, 0.25) is 0 Å². The molecule has 0 aliphatic heterocycles. The molecule has 0 radical (unpaired) electrons. The Balaban J connectivity index is 2.26. The van der Waals surface area contributed by atoms with Gasteiger partial charge in [-0.3, -0.25) is 4.79 Å². The average molecular weight is 291 g/mol. The third kappa shape index (κ3) is 3.54. The normalized spacial score (nSPS) is 11.7. The summed E-state index contributed by atoms with van der Waals surface area (Å²) in [7, 11) is 1.89. The van der Waals surface area contributed by atoms with Gasteiger partial charge in [0, 0.05) is 23.8 Å². The number of pyridine rings is 1. The van der Waals surface area contributed by atoms with Crippen LogP contribution in [0.4, 0.5) is 5.82 Å². The first-order valence-corrected chi connectivity index (χ1v) is 7.25. The zero-order chi connectivity index (χ0) is 14.5. The molecule has 0 fully saturated rings. The third-order valence-corrected chi connectivity index (χ3v) is 3.70. The summed E-state index contributed by atoms with van der Waals surface area (Å²) in [6, 6.07) is 5.71. The van der Waals surface area contributed by atoms with Crippen molar-refractivity contribution in [3.8, 4) is 0 Å². The lowest BCUT2D eigenvalue weighted by atomic mass is 10.3. The van der Waals surface area contributed by atoms with Gasteiger partial charge in [0.25, 0.3) is 0 Å². The average Bonchev–Trinajstić information content (AvgIpc) is 2.72. The van der Waals surface area contributed by atoms with Crippen molar-refractivity contribution in [3.63, 3.8) is 0 Å². The summed E-state index contributed by atoms with van der Waals surface area (Å²) in [5.74, 6) is 0.450. The van der Waals surface area contributed by atoms with E-state index in [9.17, 15) is 4.79 Å². The maximum absolute atomic E-state index is 11.5. The standard InChI is InChI=1S/C14H17N3O2S/c1-4-19-13(18)8-11-9-20-14(17(11)3)16-12-7-5-6-10(2)15-12/h5-7,9H,4,8H2,1-3H3. The number of carbonyl (C=O) groups excluding carboxylic acids is 1. The Kier molecular flexibility index (Phi) is 4.68. The van der Waals surface area contributed by atoms with Crippen LogP contribution in [-0.2, 0) is 23.0 Å². The van der Waals surface area contributed by atoms with Crippen LogP contribution >= 0.6 is 11.3 Å². The number of rotatable bonds is 4. The lowest BCUT2D eigenvalue weighted by Gasteiger charge is -2.02. The number of nitrogens with zero attached hydrogens (tertiary/aromatic N) is 3. The maximum atomic E-state index is 11.5. The molecule has 2 heterocycles. The highest BCUT2D eigenvalue weighted by molar-refractivity contribution is 7.07. The van der Waals surface area contributed by atoms with Crippen LogP contribution in [0.25, 0.3) is 0 Å². The monoisotopic (exact) mass is 291 g/mol. The van der Waals surface area contributed by atoms with Crippen LogP contribution in [0.3, 0.4) is 0 Å². The van der Waals surface area contributed by atoms with Crippen molar-refractivity contribution in [1.82, 2.24) is 9.55 Å². The van der Waals surface area contributed by atoms with Gasteiger partial charge in [0.15, 0.2) is 10.6 Å². The molecule has 0 atom stereocenters. The second-order valence-electron chi connectivity index (χ2n) is 4.30. The molecule has 2 aromatic heterocycles. The van der Waals surface area contributed by atoms with Crippen LogP contribution < -0.4 is 4.80 Å². The molecule has 6 heteroatoms. The summed E-state index contributed by atoms with van der Waals surface area (Å²) in [5.41, 5.74) is 1.82. The van der Waals surface area contributed by atoms with E-state index in [0.717, 1.165) is 16.2 Å². The number of hydrogen-bond acceptors (Lipinski definition) is 5. The quantitative estimate of drug-likeness (QED) is 0.811. The molecule has 0 unspecified atom stereocenters. The Morgan fingerprint density at radius 3 is 3.00 bits per heavy atom. The Bertz CT molecular complexity index is 673. The molecule has 2 rings (SSSR count). The SMILES string of the molecule is CCOC(=O)Cc1csc(=Nc2cccc(C)n2)n1C. The van der Waals surface area contributed by atoms with Crippen LogP contribution in [0.15, 0.2) is 28.6 Å². The smallest absolute Gasteiger partial charge is 0.311 e. The van der Waals surface area contributed by atoms with E-state index in [-0.39, 0.29) is 12.4 Å². The van der Waals surface area contributed by atoms with E-state index in [1.165, 1.54) is 11.3 Å². The summed E-state index contributed by atoms with van der Waals surface area (Å²) in [6.45, 7) is 4.13. The molecular weight excluding hydrogens is 274 g/mol. The van der Waals surface area contributed by atoms with Gasteiger partial charge in [-0.2, -0.15) is 0 Å². The Hall–Kier alpha value is -1.95. The number of carbonyl (C=O) groups is 1. The number of hydrogen-bond donors (Lipinski definition) is 0. The van der Waals surface area contributed by atoms with Crippen molar-refractivity contribution in [2.45, 2.75) is 20.3 Å². The first kappa shape index (κ1) is 14.5. The molecule has 0 aliphatic rings. The molecular formula is C14H17N3O2S.